The normalized spacial score (nSPS) is 18.8. The third kappa shape index (κ3) is 5.62. The molecule has 10 nitrogen and oxygen atoms in total. The summed E-state index contributed by atoms with van der Waals surface area (Å²) in [6.07, 6.45) is -4.17. The molecule has 2 aliphatic rings. The fraction of sp³-hybridized carbons (Fsp3) is 0.333. The maximum absolute atomic E-state index is 14.1. The number of aliphatic hydroxyl groups excluding tert-OH is 1. The number of likely N-dealkylation sites (tertiary alicyclic amines) is 1. The van der Waals surface area contributed by atoms with Crippen LogP contribution in [0.1, 0.15) is 42.5 Å². The number of sulfone groups is 1. The SMILES string of the molecule is CC1=C(C#N)[C@@H](c2ccc(C#N)cc2S(C)(=O)=O)N(C(=O)N2CCC(O)CC2)C(=O)N1c1cccc(C(F)(F)F)c1. The monoisotopic (exact) mass is 587 g/mol. The number of urea groups is 2. The number of carbonyl (C=O) groups excluding carboxylic acids is 2. The summed E-state index contributed by atoms with van der Waals surface area (Å²) in [6.45, 7) is 1.39. The lowest BCUT2D eigenvalue weighted by Crippen LogP contribution is -2.57. The summed E-state index contributed by atoms with van der Waals surface area (Å²) in [6, 6.07) is 7.53. The smallest absolute Gasteiger partial charge is 0.393 e. The molecule has 2 heterocycles. The van der Waals surface area contributed by atoms with Crippen LogP contribution in [-0.2, 0) is 16.0 Å². The lowest BCUT2D eigenvalue weighted by atomic mass is 9.93. The van der Waals surface area contributed by atoms with Crippen molar-refractivity contribution < 1.29 is 36.3 Å². The van der Waals surface area contributed by atoms with E-state index in [0.717, 1.165) is 29.4 Å². The lowest BCUT2D eigenvalue weighted by Gasteiger charge is -2.43. The van der Waals surface area contributed by atoms with Gasteiger partial charge in [0.1, 0.15) is 6.04 Å². The molecule has 214 valence electrons. The van der Waals surface area contributed by atoms with Crippen molar-refractivity contribution in [3.8, 4) is 12.1 Å². The molecular formula is C27H24F3N5O5S. The van der Waals surface area contributed by atoms with Crippen LogP contribution >= 0.6 is 0 Å². The molecule has 0 bridgehead atoms. The number of alkyl halides is 3. The molecule has 1 N–H and O–H groups in total. The first-order chi connectivity index (χ1) is 19.2. The van der Waals surface area contributed by atoms with Gasteiger partial charge >= 0.3 is 18.2 Å². The van der Waals surface area contributed by atoms with E-state index < -0.39 is 50.7 Å². The minimum atomic E-state index is -4.75. The van der Waals surface area contributed by atoms with Crippen LogP contribution in [0.5, 0.6) is 0 Å². The Morgan fingerprint density at radius 1 is 1.07 bits per heavy atom. The predicted octanol–water partition coefficient (Wildman–Crippen LogP) is 4.34. The topological polar surface area (TPSA) is 146 Å². The van der Waals surface area contributed by atoms with Gasteiger partial charge in [-0.15, -0.1) is 0 Å². The van der Waals surface area contributed by atoms with Gasteiger partial charge in [-0.1, -0.05) is 12.1 Å². The predicted molar refractivity (Wildman–Crippen MR) is 139 cm³/mol. The van der Waals surface area contributed by atoms with Crippen LogP contribution in [0.2, 0.25) is 0 Å². The molecule has 0 aliphatic carbocycles. The number of anilines is 1. The number of amides is 4. The van der Waals surface area contributed by atoms with Crippen LogP contribution in [-0.4, -0.2) is 60.8 Å². The maximum atomic E-state index is 14.1. The number of aliphatic hydroxyl groups is 1. The molecular weight excluding hydrogens is 563 g/mol. The molecule has 2 aliphatic heterocycles. The molecule has 4 amide bonds. The molecule has 1 atom stereocenters. The van der Waals surface area contributed by atoms with Gasteiger partial charge in [-0.3, -0.25) is 4.90 Å². The van der Waals surface area contributed by atoms with E-state index >= 15 is 0 Å². The Labute approximate surface area is 234 Å². The number of benzene rings is 2. The van der Waals surface area contributed by atoms with Crippen molar-refractivity contribution in [3.05, 3.63) is 70.4 Å². The van der Waals surface area contributed by atoms with Crippen LogP contribution in [0, 0.1) is 22.7 Å². The number of hydrogen-bond donors (Lipinski definition) is 1. The summed E-state index contributed by atoms with van der Waals surface area (Å²) in [7, 11) is -4.07. The van der Waals surface area contributed by atoms with E-state index in [1.165, 1.54) is 30.0 Å². The highest BCUT2D eigenvalue weighted by Gasteiger charge is 2.47. The Kier molecular flexibility index (Phi) is 7.85. The molecule has 41 heavy (non-hydrogen) atoms. The third-order valence-corrected chi connectivity index (χ3v) is 8.14. The number of imide groups is 1. The van der Waals surface area contributed by atoms with Gasteiger partial charge in [-0.05, 0) is 55.7 Å². The number of carbonyl (C=O) groups is 2. The fourth-order valence-electron chi connectivity index (χ4n) is 4.92. The summed E-state index contributed by atoms with van der Waals surface area (Å²) in [5, 5.41) is 29.5. The molecule has 1 saturated heterocycles. The number of nitrogens with zero attached hydrogens (tertiary/aromatic N) is 5. The average Bonchev–Trinajstić information content (AvgIpc) is 2.92. The molecule has 1 fully saturated rings. The van der Waals surface area contributed by atoms with Crippen molar-refractivity contribution >= 4 is 27.6 Å². The van der Waals surface area contributed by atoms with Crippen LogP contribution in [0.4, 0.5) is 28.4 Å². The molecule has 14 heteroatoms. The van der Waals surface area contributed by atoms with E-state index in [1.54, 1.807) is 0 Å². The Hall–Kier alpha value is -4.40. The molecule has 0 radical (unpaired) electrons. The summed E-state index contributed by atoms with van der Waals surface area (Å²) in [5.74, 6) is 0. The van der Waals surface area contributed by atoms with Gasteiger partial charge in [0.25, 0.3) is 0 Å². The molecule has 2 aromatic carbocycles. The zero-order valence-corrected chi connectivity index (χ0v) is 22.7. The third-order valence-electron chi connectivity index (χ3n) is 6.98. The average molecular weight is 588 g/mol. The Balaban J connectivity index is 1.99. The molecule has 0 unspecified atom stereocenters. The minimum Gasteiger partial charge on any atom is -0.393 e. The van der Waals surface area contributed by atoms with E-state index in [0.29, 0.717) is 11.0 Å². The van der Waals surface area contributed by atoms with Crippen molar-refractivity contribution in [1.29, 1.82) is 10.5 Å². The molecule has 0 saturated carbocycles. The summed E-state index contributed by atoms with van der Waals surface area (Å²) in [5.41, 5.74) is -1.85. The van der Waals surface area contributed by atoms with Gasteiger partial charge in [-0.2, -0.15) is 23.7 Å². The first kappa shape index (κ1) is 29.6. The quantitative estimate of drug-likeness (QED) is 0.562. The first-order valence-corrected chi connectivity index (χ1v) is 14.2. The standard InChI is InChI=1S/C27H24F3N5O5S/c1-16-22(15-32)24(21-7-6-17(14-31)12-23(21)41(2,39)40)35(25(37)33-10-8-20(36)9-11-33)26(38)34(16)19-5-3-4-18(13-19)27(28,29)30/h3-7,12-13,20,24,36H,8-11H2,1-2H3/t24-/m1/s1. The Morgan fingerprint density at radius 2 is 1.73 bits per heavy atom. The highest BCUT2D eigenvalue weighted by molar-refractivity contribution is 7.90. The summed E-state index contributed by atoms with van der Waals surface area (Å²) < 4.78 is 66.1. The van der Waals surface area contributed by atoms with Crippen molar-refractivity contribution in [2.75, 3.05) is 24.2 Å². The van der Waals surface area contributed by atoms with Gasteiger partial charge in [0.2, 0.25) is 0 Å². The van der Waals surface area contributed by atoms with Gasteiger partial charge in [0, 0.05) is 25.0 Å². The number of allylic oxidation sites excluding steroid dienone is 1. The van der Waals surface area contributed by atoms with E-state index in [-0.39, 0.29) is 54.0 Å². The van der Waals surface area contributed by atoms with Crippen LogP contribution in [0.15, 0.2) is 58.6 Å². The van der Waals surface area contributed by atoms with Gasteiger partial charge in [-0.25, -0.2) is 22.9 Å². The number of nitriles is 2. The van der Waals surface area contributed by atoms with Gasteiger partial charge < -0.3 is 10.0 Å². The van der Waals surface area contributed by atoms with E-state index in [9.17, 15) is 46.8 Å². The van der Waals surface area contributed by atoms with Crippen LogP contribution in [0.3, 0.4) is 0 Å². The number of rotatable bonds is 3. The minimum absolute atomic E-state index is 0.0241. The van der Waals surface area contributed by atoms with Crippen molar-refractivity contribution in [2.24, 2.45) is 0 Å². The van der Waals surface area contributed by atoms with Crippen molar-refractivity contribution in [3.63, 3.8) is 0 Å². The second kappa shape index (κ2) is 10.9. The van der Waals surface area contributed by atoms with Gasteiger partial charge in [0.05, 0.1) is 45.5 Å². The number of halogens is 3. The van der Waals surface area contributed by atoms with Crippen molar-refractivity contribution in [2.45, 2.75) is 43.0 Å². The second-order valence-corrected chi connectivity index (χ2v) is 11.7. The highest BCUT2D eigenvalue weighted by Crippen LogP contribution is 2.43. The zero-order valence-electron chi connectivity index (χ0n) is 21.9. The van der Waals surface area contributed by atoms with Crippen LogP contribution in [0.25, 0.3) is 0 Å². The van der Waals surface area contributed by atoms with Gasteiger partial charge in [0.15, 0.2) is 9.84 Å². The van der Waals surface area contributed by atoms with E-state index in [4.69, 9.17) is 0 Å². The number of piperidine rings is 1. The first-order valence-electron chi connectivity index (χ1n) is 12.3. The molecule has 0 spiro atoms. The van der Waals surface area contributed by atoms with E-state index in [2.05, 4.69) is 0 Å². The summed E-state index contributed by atoms with van der Waals surface area (Å²) >= 11 is 0. The largest absolute Gasteiger partial charge is 0.416 e. The van der Waals surface area contributed by atoms with Crippen molar-refractivity contribution in [1.82, 2.24) is 9.80 Å². The van der Waals surface area contributed by atoms with Crippen LogP contribution < -0.4 is 4.90 Å². The Morgan fingerprint density at radius 3 is 2.29 bits per heavy atom. The molecule has 4 rings (SSSR count). The fourth-order valence-corrected chi connectivity index (χ4v) is 5.87. The maximum Gasteiger partial charge on any atom is 0.416 e. The highest BCUT2D eigenvalue weighted by atomic mass is 32.2. The second-order valence-electron chi connectivity index (χ2n) is 9.69. The number of hydrogen-bond acceptors (Lipinski definition) is 7. The van der Waals surface area contributed by atoms with E-state index in [1.807, 2.05) is 12.1 Å². The summed E-state index contributed by atoms with van der Waals surface area (Å²) in [4.78, 5) is 30.3. The molecule has 0 aromatic heterocycles. The zero-order chi connectivity index (χ0) is 30.3. The molecule has 2 aromatic rings. The Bertz CT molecular complexity index is 1630. The lowest BCUT2D eigenvalue weighted by molar-refractivity contribution is -0.137.